The largest absolute Gasteiger partial charge is 0.307 e. The summed E-state index contributed by atoms with van der Waals surface area (Å²) in [7, 11) is 0. The van der Waals surface area contributed by atoms with Gasteiger partial charge in [0.25, 0.3) is 0 Å². The van der Waals surface area contributed by atoms with Crippen LogP contribution in [0.1, 0.15) is 80.1 Å². The van der Waals surface area contributed by atoms with Gasteiger partial charge in [-0.1, -0.05) is 32.1 Å². The molecule has 0 aromatic rings. The van der Waals surface area contributed by atoms with Gasteiger partial charge in [0.2, 0.25) is 0 Å². The fourth-order valence-corrected chi connectivity index (χ4v) is 3.50. The normalized spacial score (nSPS) is 21.3. The van der Waals surface area contributed by atoms with Crippen LogP contribution >= 0.6 is 0 Å². The van der Waals surface area contributed by atoms with Crippen LogP contribution in [0, 0.1) is 5.92 Å². The molecule has 1 heteroatoms. The smallest absolute Gasteiger partial charge is 0.0132 e. The Balaban J connectivity index is 0.000000370. The number of rotatable bonds is 5. The van der Waals surface area contributed by atoms with E-state index >= 15 is 0 Å². The van der Waals surface area contributed by atoms with Gasteiger partial charge >= 0.3 is 0 Å². The Morgan fingerprint density at radius 2 is 1.60 bits per heavy atom. The molecule has 20 heavy (non-hydrogen) atoms. The molecule has 0 saturated carbocycles. The number of allylic oxidation sites excluding steroid dienone is 3. The summed E-state index contributed by atoms with van der Waals surface area (Å²) in [5.74, 6) is 0.862. The molecule has 1 saturated heterocycles. The first kappa shape index (κ1) is 19.4. The number of hydrogen-bond donors (Lipinski definition) is 1. The Bertz CT molecular complexity index is 270. The maximum atomic E-state index is 3.66. The molecule has 0 radical (unpaired) electrons. The Morgan fingerprint density at radius 1 is 1.05 bits per heavy atom. The summed E-state index contributed by atoms with van der Waals surface area (Å²) in [6.07, 6.45) is 13.8. The third kappa shape index (κ3) is 10.3. The third-order valence-electron chi connectivity index (χ3n) is 3.58. The summed E-state index contributed by atoms with van der Waals surface area (Å²) in [5, 5.41) is 3.66. The van der Waals surface area contributed by atoms with Crippen LogP contribution in [0.5, 0.6) is 0 Å². The van der Waals surface area contributed by atoms with Gasteiger partial charge in [-0.2, -0.15) is 0 Å². The van der Waals surface area contributed by atoms with Gasteiger partial charge in [-0.15, -0.1) is 6.58 Å². The lowest BCUT2D eigenvalue weighted by Gasteiger charge is -2.45. The molecule has 0 unspecified atom stereocenters. The minimum atomic E-state index is 0.334. The second-order valence-corrected chi connectivity index (χ2v) is 7.51. The zero-order valence-electron chi connectivity index (χ0n) is 14.8. The standard InChI is InChI=1S/C10H21N.C9H16/c1-8-6-9(2,3)11-10(4,5)7-8;1-3-5-7-9-8-6-4-2/h8,11H,6-7H2,1-5H3;3,6,8H,1,4-5,7,9H2,2H3/b;8-6+. The number of piperidine rings is 1. The molecule has 1 fully saturated rings. The second-order valence-electron chi connectivity index (χ2n) is 7.51. The molecule has 1 aliphatic rings. The minimum absolute atomic E-state index is 0.334. The van der Waals surface area contributed by atoms with E-state index in [0.717, 1.165) is 18.8 Å². The molecule has 0 aromatic carbocycles. The highest BCUT2D eigenvalue weighted by Crippen LogP contribution is 2.31. The van der Waals surface area contributed by atoms with Crippen molar-refractivity contribution in [2.45, 2.75) is 91.1 Å². The first-order chi connectivity index (χ1) is 9.22. The molecule has 0 amide bonds. The quantitative estimate of drug-likeness (QED) is 0.490. The van der Waals surface area contributed by atoms with Crippen molar-refractivity contribution in [3.8, 4) is 0 Å². The summed E-state index contributed by atoms with van der Waals surface area (Å²) in [6.45, 7) is 17.3. The van der Waals surface area contributed by atoms with E-state index in [1.807, 2.05) is 6.08 Å². The minimum Gasteiger partial charge on any atom is -0.307 e. The van der Waals surface area contributed by atoms with E-state index in [4.69, 9.17) is 0 Å². The lowest BCUT2D eigenvalue weighted by Crippen LogP contribution is -2.57. The highest BCUT2D eigenvalue weighted by molar-refractivity contribution is 4.95. The van der Waals surface area contributed by atoms with Gasteiger partial charge in [0.1, 0.15) is 0 Å². The van der Waals surface area contributed by atoms with Crippen molar-refractivity contribution in [3.63, 3.8) is 0 Å². The van der Waals surface area contributed by atoms with Crippen molar-refractivity contribution in [3.05, 3.63) is 24.8 Å². The lowest BCUT2D eigenvalue weighted by molar-refractivity contribution is 0.138. The molecular formula is C19H37N. The summed E-state index contributed by atoms with van der Waals surface area (Å²) in [6, 6.07) is 0. The monoisotopic (exact) mass is 279 g/mol. The Labute approximate surface area is 127 Å². The van der Waals surface area contributed by atoms with E-state index in [1.165, 1.54) is 25.7 Å². The van der Waals surface area contributed by atoms with E-state index in [2.05, 4.69) is 65.6 Å². The summed E-state index contributed by atoms with van der Waals surface area (Å²) >= 11 is 0. The van der Waals surface area contributed by atoms with Gasteiger partial charge in [0, 0.05) is 11.1 Å². The van der Waals surface area contributed by atoms with Crippen molar-refractivity contribution in [1.29, 1.82) is 0 Å². The molecular weight excluding hydrogens is 242 g/mol. The van der Waals surface area contributed by atoms with Crippen LogP contribution in [-0.4, -0.2) is 11.1 Å². The SMILES string of the molecule is C=CCCC/C=C/CC.CC1CC(C)(C)NC(C)(C)C1. The lowest BCUT2D eigenvalue weighted by atomic mass is 9.77. The summed E-state index contributed by atoms with van der Waals surface area (Å²) in [5.41, 5.74) is 0.669. The van der Waals surface area contributed by atoms with Crippen molar-refractivity contribution in [2.24, 2.45) is 5.92 Å². The topological polar surface area (TPSA) is 12.0 Å². The van der Waals surface area contributed by atoms with Crippen molar-refractivity contribution in [1.82, 2.24) is 5.32 Å². The van der Waals surface area contributed by atoms with E-state index in [1.54, 1.807) is 0 Å². The summed E-state index contributed by atoms with van der Waals surface area (Å²) < 4.78 is 0. The highest BCUT2D eigenvalue weighted by Gasteiger charge is 2.35. The van der Waals surface area contributed by atoms with E-state index in [-0.39, 0.29) is 0 Å². The maximum Gasteiger partial charge on any atom is 0.0132 e. The Morgan fingerprint density at radius 3 is 2.00 bits per heavy atom. The molecule has 0 aliphatic carbocycles. The Kier molecular flexibility index (Phi) is 9.13. The van der Waals surface area contributed by atoms with Crippen molar-refractivity contribution < 1.29 is 0 Å². The fraction of sp³-hybridized carbons (Fsp3) is 0.789. The molecule has 1 aliphatic heterocycles. The van der Waals surface area contributed by atoms with Crippen LogP contribution in [0.15, 0.2) is 24.8 Å². The molecule has 1 nitrogen and oxygen atoms in total. The van der Waals surface area contributed by atoms with E-state index in [9.17, 15) is 0 Å². The third-order valence-corrected chi connectivity index (χ3v) is 3.58. The number of hydrogen-bond acceptors (Lipinski definition) is 1. The van der Waals surface area contributed by atoms with Crippen molar-refractivity contribution in [2.75, 3.05) is 0 Å². The van der Waals surface area contributed by atoms with Gasteiger partial charge in [-0.25, -0.2) is 0 Å². The number of nitrogens with one attached hydrogen (secondary N) is 1. The van der Waals surface area contributed by atoms with Gasteiger partial charge in [0.05, 0.1) is 0 Å². The van der Waals surface area contributed by atoms with Crippen molar-refractivity contribution >= 4 is 0 Å². The highest BCUT2D eigenvalue weighted by atomic mass is 15.0. The molecule has 1 rings (SSSR count). The van der Waals surface area contributed by atoms with Crippen LogP contribution in [0.25, 0.3) is 0 Å². The molecule has 1 N–H and O–H groups in total. The first-order valence-corrected chi connectivity index (χ1v) is 8.27. The van der Waals surface area contributed by atoms with Gasteiger partial charge in [0.15, 0.2) is 0 Å². The van der Waals surface area contributed by atoms with Gasteiger partial charge in [-0.3, -0.25) is 0 Å². The molecule has 0 spiro atoms. The van der Waals surface area contributed by atoms with Gasteiger partial charge in [-0.05, 0) is 72.1 Å². The van der Waals surface area contributed by atoms with Crippen LogP contribution in [0.4, 0.5) is 0 Å². The van der Waals surface area contributed by atoms with E-state index in [0.29, 0.717) is 11.1 Å². The zero-order valence-corrected chi connectivity index (χ0v) is 14.8. The van der Waals surface area contributed by atoms with Crippen LogP contribution in [0.2, 0.25) is 0 Å². The maximum absolute atomic E-state index is 3.66. The predicted octanol–water partition coefficient (Wildman–Crippen LogP) is 5.87. The average molecular weight is 280 g/mol. The van der Waals surface area contributed by atoms with Gasteiger partial charge < -0.3 is 5.32 Å². The molecule has 0 aromatic heterocycles. The first-order valence-electron chi connectivity index (χ1n) is 8.27. The van der Waals surface area contributed by atoms with Crippen LogP contribution in [-0.2, 0) is 0 Å². The Hall–Kier alpha value is -0.560. The molecule has 118 valence electrons. The molecule has 0 atom stereocenters. The van der Waals surface area contributed by atoms with Crippen LogP contribution in [0.3, 0.4) is 0 Å². The number of unbranched alkanes of at least 4 members (excludes halogenated alkanes) is 2. The fourth-order valence-electron chi connectivity index (χ4n) is 3.50. The second kappa shape index (κ2) is 9.39. The zero-order chi connectivity index (χ0) is 15.6. The predicted molar refractivity (Wildman–Crippen MR) is 93.2 cm³/mol. The van der Waals surface area contributed by atoms with Crippen LogP contribution < -0.4 is 5.32 Å². The molecule has 1 heterocycles. The summed E-state index contributed by atoms with van der Waals surface area (Å²) in [4.78, 5) is 0. The average Bonchev–Trinajstić information content (AvgIpc) is 2.24. The van der Waals surface area contributed by atoms with E-state index < -0.39 is 0 Å². The molecule has 0 bridgehead atoms.